The summed E-state index contributed by atoms with van der Waals surface area (Å²) in [6.45, 7) is 0.490. The Kier molecular flexibility index (Phi) is 5.63. The summed E-state index contributed by atoms with van der Waals surface area (Å²) in [5, 5.41) is 18.7. The van der Waals surface area contributed by atoms with Crippen molar-refractivity contribution in [3.05, 3.63) is 101 Å². The van der Waals surface area contributed by atoms with Gasteiger partial charge in [-0.05, 0) is 41.5 Å². The minimum Gasteiger partial charge on any atom is -0.478 e. The first-order valence-electron chi connectivity index (χ1n) is 10.6. The molecule has 5 rings (SSSR count). The van der Waals surface area contributed by atoms with Crippen molar-refractivity contribution in [1.82, 2.24) is 34.6 Å². The number of nitrogens with one attached hydrogen (secondary N) is 2. The van der Waals surface area contributed by atoms with E-state index in [4.69, 9.17) is 5.11 Å². The number of pyridine rings is 2. The van der Waals surface area contributed by atoms with E-state index in [1.165, 1.54) is 24.7 Å². The van der Waals surface area contributed by atoms with Crippen molar-refractivity contribution in [3.8, 4) is 0 Å². The van der Waals surface area contributed by atoms with Crippen molar-refractivity contribution in [2.75, 3.05) is 0 Å². The van der Waals surface area contributed by atoms with E-state index in [-0.39, 0.29) is 36.2 Å². The number of carboxylic acids is 1. The number of aromatic carboxylic acids is 1. The summed E-state index contributed by atoms with van der Waals surface area (Å²) in [5.41, 5.74) is 3.43. The van der Waals surface area contributed by atoms with Gasteiger partial charge in [0.05, 0.1) is 5.56 Å². The van der Waals surface area contributed by atoms with Crippen LogP contribution in [-0.4, -0.2) is 46.9 Å². The average Bonchev–Trinajstić information content (AvgIpc) is 3.52. The number of aromatic nitrogens is 5. The minimum atomic E-state index is -1.01. The Bertz CT molecular complexity index is 1570. The van der Waals surface area contributed by atoms with Crippen molar-refractivity contribution in [3.63, 3.8) is 0 Å². The summed E-state index contributed by atoms with van der Waals surface area (Å²) in [4.78, 5) is 44.9. The number of rotatable bonds is 7. The molecule has 0 saturated heterocycles. The maximum absolute atomic E-state index is 12.8. The molecule has 5 aromatic rings. The Hall–Kier alpha value is -5.06. The van der Waals surface area contributed by atoms with E-state index in [2.05, 4.69) is 25.7 Å². The Labute approximate surface area is 198 Å². The van der Waals surface area contributed by atoms with Gasteiger partial charge in [0.2, 0.25) is 0 Å². The van der Waals surface area contributed by atoms with Crippen LogP contribution in [0.15, 0.2) is 73.3 Å². The number of carboxylic acid groups (broad SMARTS) is 1. The average molecular weight is 469 g/mol. The molecule has 0 spiro atoms. The highest BCUT2D eigenvalue weighted by molar-refractivity contribution is 5.95. The summed E-state index contributed by atoms with van der Waals surface area (Å²) in [5.74, 6) is -1.75. The van der Waals surface area contributed by atoms with Gasteiger partial charge in [-0.2, -0.15) is 5.10 Å². The molecule has 174 valence electrons. The smallest absolute Gasteiger partial charge is 0.335 e. The molecule has 0 bridgehead atoms. The van der Waals surface area contributed by atoms with E-state index in [0.29, 0.717) is 17.0 Å². The molecule has 4 aromatic heterocycles. The highest BCUT2D eigenvalue weighted by atomic mass is 16.4. The second kappa shape index (κ2) is 9.06. The maximum Gasteiger partial charge on any atom is 0.335 e. The lowest BCUT2D eigenvalue weighted by molar-refractivity contribution is 0.0696. The van der Waals surface area contributed by atoms with Crippen molar-refractivity contribution >= 4 is 29.1 Å². The molecular formula is C24H19N7O4. The van der Waals surface area contributed by atoms with Crippen LogP contribution in [0.2, 0.25) is 0 Å². The second-order valence-corrected chi connectivity index (χ2v) is 7.73. The molecule has 0 radical (unpaired) electrons. The van der Waals surface area contributed by atoms with E-state index >= 15 is 0 Å². The lowest BCUT2D eigenvalue weighted by Gasteiger charge is -2.07. The van der Waals surface area contributed by atoms with Crippen molar-refractivity contribution < 1.29 is 19.5 Å². The molecule has 0 fully saturated rings. The lowest BCUT2D eigenvalue weighted by atomic mass is 10.1. The topological polar surface area (TPSA) is 143 Å². The molecule has 0 aliphatic rings. The second-order valence-electron chi connectivity index (χ2n) is 7.73. The summed E-state index contributed by atoms with van der Waals surface area (Å²) in [7, 11) is 0. The van der Waals surface area contributed by atoms with Crippen molar-refractivity contribution in [2.24, 2.45) is 0 Å². The highest BCUT2D eigenvalue weighted by Crippen LogP contribution is 2.11. The third-order valence-electron chi connectivity index (χ3n) is 5.40. The van der Waals surface area contributed by atoms with Crippen LogP contribution in [0.3, 0.4) is 0 Å². The van der Waals surface area contributed by atoms with Crippen LogP contribution >= 0.6 is 0 Å². The third-order valence-corrected chi connectivity index (χ3v) is 5.40. The van der Waals surface area contributed by atoms with Crippen LogP contribution in [0, 0.1) is 0 Å². The Morgan fingerprint density at radius 3 is 2.37 bits per heavy atom. The van der Waals surface area contributed by atoms with Crippen LogP contribution in [0.25, 0.3) is 11.3 Å². The molecule has 4 heterocycles. The number of carbonyl (C=O) groups excluding carboxylic acids is 2. The molecule has 0 aliphatic carbocycles. The van der Waals surface area contributed by atoms with Crippen molar-refractivity contribution in [1.29, 1.82) is 0 Å². The quantitative estimate of drug-likeness (QED) is 0.330. The van der Waals surface area contributed by atoms with Gasteiger partial charge in [-0.3, -0.25) is 14.0 Å². The molecule has 0 atom stereocenters. The first kappa shape index (κ1) is 21.8. The normalized spacial score (nSPS) is 11.0. The molecule has 0 unspecified atom stereocenters. The number of benzene rings is 1. The van der Waals surface area contributed by atoms with E-state index in [1.54, 1.807) is 45.4 Å². The first-order chi connectivity index (χ1) is 17.0. The monoisotopic (exact) mass is 469 g/mol. The van der Waals surface area contributed by atoms with Gasteiger partial charge < -0.3 is 15.7 Å². The zero-order valence-corrected chi connectivity index (χ0v) is 18.3. The fourth-order valence-corrected chi connectivity index (χ4v) is 3.58. The molecule has 35 heavy (non-hydrogen) atoms. The minimum absolute atomic E-state index is 0.174. The van der Waals surface area contributed by atoms with Gasteiger partial charge in [-0.25, -0.2) is 19.3 Å². The van der Waals surface area contributed by atoms with Crippen LogP contribution in [0.4, 0.5) is 0 Å². The van der Waals surface area contributed by atoms with Gasteiger partial charge in [0.15, 0.2) is 5.65 Å². The van der Waals surface area contributed by atoms with Crippen LogP contribution in [0.5, 0.6) is 0 Å². The Morgan fingerprint density at radius 1 is 0.829 bits per heavy atom. The molecular weight excluding hydrogens is 450 g/mol. The fraction of sp³-hybridized carbons (Fsp3) is 0.0833. The highest BCUT2D eigenvalue weighted by Gasteiger charge is 2.16. The predicted octanol–water partition coefficient (Wildman–Crippen LogP) is 1.94. The molecule has 0 aliphatic heterocycles. The van der Waals surface area contributed by atoms with Gasteiger partial charge in [0.1, 0.15) is 23.4 Å². The summed E-state index contributed by atoms with van der Waals surface area (Å²) >= 11 is 0. The molecule has 11 nitrogen and oxygen atoms in total. The van der Waals surface area contributed by atoms with Crippen LogP contribution in [-0.2, 0) is 13.1 Å². The number of imidazole rings is 1. The zero-order chi connectivity index (χ0) is 24.4. The van der Waals surface area contributed by atoms with E-state index in [9.17, 15) is 14.4 Å². The molecule has 2 amide bonds. The molecule has 11 heteroatoms. The van der Waals surface area contributed by atoms with Gasteiger partial charge in [0, 0.05) is 25.5 Å². The summed E-state index contributed by atoms with van der Waals surface area (Å²) in [6.07, 6.45) is 4.75. The van der Waals surface area contributed by atoms with E-state index < -0.39 is 5.97 Å². The van der Waals surface area contributed by atoms with Crippen LogP contribution in [0.1, 0.15) is 42.5 Å². The number of hydrogen-bond acceptors (Lipinski definition) is 6. The fourth-order valence-electron chi connectivity index (χ4n) is 3.58. The number of nitrogens with zero attached hydrogens (tertiary/aromatic N) is 5. The van der Waals surface area contributed by atoms with E-state index in [1.807, 2.05) is 12.1 Å². The molecule has 3 N–H and O–H groups in total. The number of fused-ring (bicyclic) bond motifs is 2. The van der Waals surface area contributed by atoms with E-state index in [0.717, 1.165) is 11.1 Å². The predicted molar refractivity (Wildman–Crippen MR) is 124 cm³/mol. The first-order valence-corrected chi connectivity index (χ1v) is 10.6. The van der Waals surface area contributed by atoms with Gasteiger partial charge in [0.25, 0.3) is 11.8 Å². The van der Waals surface area contributed by atoms with Gasteiger partial charge >= 0.3 is 5.97 Å². The number of hydrogen-bond donors (Lipinski definition) is 3. The van der Waals surface area contributed by atoms with Crippen LogP contribution < -0.4 is 10.6 Å². The zero-order valence-electron chi connectivity index (χ0n) is 18.3. The summed E-state index contributed by atoms with van der Waals surface area (Å²) in [6, 6.07) is 14.9. The summed E-state index contributed by atoms with van der Waals surface area (Å²) < 4.78 is 3.18. The maximum atomic E-state index is 12.8. The lowest BCUT2D eigenvalue weighted by Crippen LogP contribution is -2.25. The largest absolute Gasteiger partial charge is 0.478 e. The molecule has 1 aromatic carbocycles. The van der Waals surface area contributed by atoms with Crippen molar-refractivity contribution in [2.45, 2.75) is 13.1 Å². The SMILES string of the molecule is O=C(O)c1ccc(CNC(=O)c2cccc3nc(C(=O)NCc4ccc5ncnn5c4)cn23)cc1. The van der Waals surface area contributed by atoms with Gasteiger partial charge in [-0.15, -0.1) is 0 Å². The standard InChI is InChI=1S/C24H19N7O4/c32-22(25-11-16-6-9-20-27-14-28-31(20)12-16)18-13-30-19(2-1-3-21(30)29-18)23(33)26-10-15-4-7-17(8-5-15)24(34)35/h1-9,12-14H,10-11H2,(H,25,32)(H,26,33)(H,34,35). The number of carbonyl (C=O) groups is 3. The third kappa shape index (κ3) is 4.55. The number of amides is 2. The Balaban J connectivity index is 1.27. The molecule has 0 saturated carbocycles. The Morgan fingerprint density at radius 2 is 1.57 bits per heavy atom. The van der Waals surface area contributed by atoms with Gasteiger partial charge in [-0.1, -0.05) is 24.3 Å².